The molecule has 20 heteroatoms. The number of anilines is 3. The van der Waals surface area contributed by atoms with Gasteiger partial charge < -0.3 is 40.9 Å². The van der Waals surface area contributed by atoms with E-state index >= 15 is 0 Å². The van der Waals surface area contributed by atoms with Crippen LogP contribution in [0, 0.1) is 18.3 Å². The summed E-state index contributed by atoms with van der Waals surface area (Å²) >= 11 is 1.59. The van der Waals surface area contributed by atoms with E-state index in [9.17, 15) is 29.4 Å². The zero-order valence-electron chi connectivity index (χ0n) is 47.7. The topological polar surface area (TPSA) is 219 Å². The van der Waals surface area contributed by atoms with Crippen LogP contribution in [0.25, 0.3) is 27.3 Å². The minimum atomic E-state index is -1.18. The van der Waals surface area contributed by atoms with Crippen molar-refractivity contribution in [3.8, 4) is 16.3 Å². The molecule has 81 heavy (non-hydrogen) atoms. The molecule has 19 nitrogen and oxygen atoms in total. The number of aromatic nitrogens is 6. The molecule has 0 spiro atoms. The molecule has 7 heterocycles. The first-order chi connectivity index (χ1) is 38.8. The van der Waals surface area contributed by atoms with E-state index in [1.54, 1.807) is 54.1 Å². The number of hydrogen-bond donors (Lipinski definition) is 5. The lowest BCUT2D eigenvalue weighted by Gasteiger charge is -2.46. The number of aliphatic hydroxyl groups is 2. The second-order valence-electron chi connectivity index (χ2n) is 24.1. The van der Waals surface area contributed by atoms with Gasteiger partial charge in [0.25, 0.3) is 5.56 Å². The highest BCUT2D eigenvalue weighted by Gasteiger charge is 2.45. The number of thiazole rings is 1. The third-order valence-electron chi connectivity index (χ3n) is 16.9. The van der Waals surface area contributed by atoms with Gasteiger partial charge in [-0.15, -0.1) is 17.9 Å². The van der Waals surface area contributed by atoms with Gasteiger partial charge in [0.1, 0.15) is 23.1 Å². The number of carbonyl (C=O) groups excluding carboxylic acids is 3. The van der Waals surface area contributed by atoms with Crippen LogP contribution in [0.1, 0.15) is 103 Å². The Hall–Kier alpha value is -6.84. The van der Waals surface area contributed by atoms with Crippen molar-refractivity contribution in [2.24, 2.45) is 11.3 Å². The van der Waals surface area contributed by atoms with Gasteiger partial charge in [0.15, 0.2) is 11.5 Å². The van der Waals surface area contributed by atoms with Crippen molar-refractivity contribution in [3.63, 3.8) is 0 Å². The van der Waals surface area contributed by atoms with Gasteiger partial charge in [-0.1, -0.05) is 57.2 Å². The highest BCUT2D eigenvalue weighted by molar-refractivity contribution is 7.13. The number of fused-ring (bicyclic) bond motifs is 1. The molecule has 2 aromatic carbocycles. The van der Waals surface area contributed by atoms with E-state index in [2.05, 4.69) is 64.3 Å². The normalized spacial score (nSPS) is 21.0. The number of aryl methyl sites for hydroxylation is 1. The molecule has 4 aromatic heterocycles. The van der Waals surface area contributed by atoms with Crippen molar-refractivity contribution in [3.05, 3.63) is 118 Å². The summed E-state index contributed by atoms with van der Waals surface area (Å²) in [4.78, 5) is 83.9. The minimum absolute atomic E-state index is 0.0390. The molecule has 3 amide bonds. The number of pyridine rings is 1. The summed E-state index contributed by atoms with van der Waals surface area (Å²) in [6, 6.07) is 21.0. The van der Waals surface area contributed by atoms with Crippen LogP contribution in [0.3, 0.4) is 0 Å². The Balaban J connectivity index is 0.656. The molecule has 430 valence electrons. The smallest absolute Gasteiger partial charge is 0.278 e. The molecule has 0 bridgehead atoms. The summed E-state index contributed by atoms with van der Waals surface area (Å²) in [6.45, 7) is 21.6. The number of carbonyl (C=O) groups is 3. The molecule has 4 fully saturated rings. The van der Waals surface area contributed by atoms with Gasteiger partial charge in [-0.05, 0) is 131 Å². The average molecular weight is 1120 g/mol. The molecule has 3 atom stereocenters. The van der Waals surface area contributed by atoms with Crippen molar-refractivity contribution in [2.45, 2.75) is 142 Å². The number of piperidine rings is 1. The fourth-order valence-corrected chi connectivity index (χ4v) is 13.1. The first-order valence-electron chi connectivity index (χ1n) is 28.8. The number of benzene rings is 2. The molecule has 1 saturated carbocycles. The van der Waals surface area contributed by atoms with E-state index in [0.717, 1.165) is 111 Å². The number of hydrogen-bond acceptors (Lipinski definition) is 15. The third-order valence-corrected chi connectivity index (χ3v) is 17.9. The number of β-amino-alcohol motifs (C(OH)–C–C–N with tert-alkyl or cyclic N) is 1. The fourth-order valence-electron chi connectivity index (χ4n) is 12.3. The maximum atomic E-state index is 14.3. The summed E-state index contributed by atoms with van der Waals surface area (Å²) in [5, 5.41) is 31.2. The van der Waals surface area contributed by atoms with Crippen LogP contribution in [0.4, 0.5) is 17.3 Å². The van der Waals surface area contributed by atoms with Gasteiger partial charge in [0.05, 0.1) is 34.4 Å². The van der Waals surface area contributed by atoms with E-state index in [1.807, 2.05) is 69.6 Å². The summed E-state index contributed by atoms with van der Waals surface area (Å²) in [7, 11) is 0. The summed E-state index contributed by atoms with van der Waals surface area (Å²) in [5.41, 5.74) is 5.57. The Kier molecular flexibility index (Phi) is 17.2. The molecule has 4 aliphatic rings. The molecule has 2 unspecified atom stereocenters. The molecular formula is C61H79N13O6S. The Morgan fingerprint density at radius 2 is 1.54 bits per heavy atom. The lowest BCUT2D eigenvalue weighted by atomic mass is 9.82. The molecular weight excluding hydrogens is 1040 g/mol. The lowest BCUT2D eigenvalue weighted by molar-refractivity contribution is -0.144. The van der Waals surface area contributed by atoms with E-state index in [1.165, 1.54) is 15.8 Å². The number of likely N-dealkylation sites (tertiary alicyclic amines) is 2. The van der Waals surface area contributed by atoms with Gasteiger partial charge in [0, 0.05) is 81.8 Å². The van der Waals surface area contributed by atoms with Gasteiger partial charge in [-0.2, -0.15) is 4.98 Å². The minimum Gasteiger partial charge on any atom is -0.391 e. The maximum absolute atomic E-state index is 14.3. The standard InChI is InChI=1S/C61H79N13O6S/c1-8-26-73-57(78)48-36-63-59(68-55(48)74(73)51-11-9-10-50(66-51)61(6,7)80)65-43-18-22-45(23-19-43)70-29-31-71(32-30-70)46-24-27-69(28-25-46)44-20-14-40(15-21-44)33-52(76)67-54(60(3,4)5)58(79)72-37-47(75)34-49(72)56(77)62-35-41-12-16-42(17-13-41)53-39(2)64-38-81-53/h8-13,16-19,22-23,36,38,40,44,46-47,49,54,75,80H,1,14-15,20-21,24-35,37H2,2-7H3,(H,62,77)(H,67,76)(H,63,65,68)/t40?,44?,47?,49?,54-/m1/s1. The molecule has 10 rings (SSSR count). The van der Waals surface area contributed by atoms with E-state index in [4.69, 9.17) is 4.98 Å². The van der Waals surface area contributed by atoms with Gasteiger partial charge in [0.2, 0.25) is 23.7 Å². The molecule has 0 radical (unpaired) electrons. The van der Waals surface area contributed by atoms with Gasteiger partial charge >= 0.3 is 0 Å². The maximum Gasteiger partial charge on any atom is 0.278 e. The van der Waals surface area contributed by atoms with Crippen molar-refractivity contribution in [1.82, 2.24) is 54.6 Å². The van der Waals surface area contributed by atoms with Gasteiger partial charge in [-0.3, -0.25) is 24.1 Å². The number of nitrogens with one attached hydrogen (secondary N) is 3. The predicted molar refractivity (Wildman–Crippen MR) is 316 cm³/mol. The molecule has 1 aliphatic carbocycles. The van der Waals surface area contributed by atoms with Crippen molar-refractivity contribution < 1.29 is 24.6 Å². The van der Waals surface area contributed by atoms with Crippen molar-refractivity contribution in [1.29, 1.82) is 0 Å². The Labute approximate surface area is 478 Å². The lowest BCUT2D eigenvalue weighted by Crippen LogP contribution is -2.58. The average Bonchev–Trinajstić information content (AvgIpc) is 4.01. The Morgan fingerprint density at radius 3 is 2.20 bits per heavy atom. The molecule has 3 aliphatic heterocycles. The van der Waals surface area contributed by atoms with Crippen molar-refractivity contribution in [2.75, 3.05) is 56.0 Å². The van der Waals surface area contributed by atoms with Crippen LogP contribution < -0.4 is 26.4 Å². The molecule has 5 N–H and O–H groups in total. The summed E-state index contributed by atoms with van der Waals surface area (Å²) in [5.74, 6) is 0.222. The second kappa shape index (κ2) is 24.3. The Bertz CT molecular complexity index is 3250. The fraction of sp³-hybridized carbons (Fsp3) is 0.508. The number of nitrogens with zero attached hydrogens (tertiary/aromatic N) is 10. The van der Waals surface area contributed by atoms with Crippen molar-refractivity contribution >= 4 is 57.4 Å². The number of amides is 3. The molecule has 6 aromatic rings. The Morgan fingerprint density at radius 1 is 0.852 bits per heavy atom. The first-order valence-corrected chi connectivity index (χ1v) is 29.6. The van der Waals surface area contributed by atoms with Crippen LogP contribution in [-0.4, -0.2) is 148 Å². The molecule has 3 saturated heterocycles. The zero-order valence-corrected chi connectivity index (χ0v) is 48.5. The zero-order chi connectivity index (χ0) is 57.2. The highest BCUT2D eigenvalue weighted by Crippen LogP contribution is 2.34. The quantitative estimate of drug-likeness (QED) is 0.0587. The summed E-state index contributed by atoms with van der Waals surface area (Å²) < 4.78 is 3.17. The van der Waals surface area contributed by atoms with Crippen LogP contribution in [0.5, 0.6) is 0 Å². The monoisotopic (exact) mass is 1120 g/mol. The van der Waals surface area contributed by atoms with E-state index in [0.29, 0.717) is 47.0 Å². The van der Waals surface area contributed by atoms with Gasteiger partial charge in [-0.25, -0.2) is 24.3 Å². The number of allylic oxidation sites excluding steroid dienone is 1. The van der Waals surface area contributed by atoms with Crippen LogP contribution in [0.2, 0.25) is 0 Å². The van der Waals surface area contributed by atoms with Crippen LogP contribution in [0.15, 0.2) is 95.9 Å². The largest absolute Gasteiger partial charge is 0.391 e. The highest BCUT2D eigenvalue weighted by atomic mass is 32.1. The second-order valence-corrected chi connectivity index (χ2v) is 25.0. The summed E-state index contributed by atoms with van der Waals surface area (Å²) in [6.07, 6.45) is 9.20. The van der Waals surface area contributed by atoms with Crippen LogP contribution in [-0.2, 0) is 33.1 Å². The van der Waals surface area contributed by atoms with E-state index < -0.39 is 29.2 Å². The number of piperazine rings is 1. The van der Waals surface area contributed by atoms with E-state index in [-0.39, 0.29) is 55.3 Å². The SMILES string of the molecule is C=CCn1c(=O)c2cnc(Nc3ccc(N4CCN(C5CCN(C6CCC(CC(=O)N[C@H](C(=O)N7CC(O)CC7C(=O)NCc7ccc(-c8scnc8C)cc7)C(C)(C)C)CC6)CC5)CC4)cc3)nc2n1-c1cccc(C(C)(C)O)n1. The third kappa shape index (κ3) is 13.1. The number of aliphatic hydroxyl groups excluding tert-OH is 1. The van der Waals surface area contributed by atoms with Crippen LogP contribution >= 0.6 is 11.3 Å². The predicted octanol–water partition coefficient (Wildman–Crippen LogP) is 6.91. The first kappa shape index (κ1) is 57.4. The number of rotatable bonds is 17.